The van der Waals surface area contributed by atoms with Crippen LogP contribution in [-0.2, 0) is 9.53 Å². The largest absolute Gasteiger partial charge is 0.481 e. The first-order chi connectivity index (χ1) is 11.5. The lowest BCUT2D eigenvalue weighted by atomic mass is 9.86. The predicted molar refractivity (Wildman–Crippen MR) is 86.4 cm³/mol. The summed E-state index contributed by atoms with van der Waals surface area (Å²) in [5.41, 5.74) is 0.402. The second-order valence-corrected chi connectivity index (χ2v) is 6.41. The number of rotatable bonds is 4. The van der Waals surface area contributed by atoms with Gasteiger partial charge in [0.2, 0.25) is 0 Å². The van der Waals surface area contributed by atoms with Crippen LogP contribution in [0, 0.1) is 17.6 Å². The molecule has 0 amide bonds. The maximum Gasteiger partial charge on any atom is 0.306 e. The van der Waals surface area contributed by atoms with Gasteiger partial charge in [-0.05, 0) is 25.7 Å². The number of benzene rings is 1. The highest BCUT2D eigenvalue weighted by Gasteiger charge is 2.26. The number of carboxylic acids is 1. The van der Waals surface area contributed by atoms with E-state index in [0.717, 1.165) is 0 Å². The molecule has 0 spiro atoms. The van der Waals surface area contributed by atoms with Gasteiger partial charge in [-0.1, -0.05) is 0 Å². The molecule has 7 heteroatoms. The minimum Gasteiger partial charge on any atom is -0.481 e. The van der Waals surface area contributed by atoms with Crippen molar-refractivity contribution >= 4 is 17.3 Å². The molecular formula is C17H22F2N2O3. The molecule has 2 N–H and O–H groups in total. The summed E-state index contributed by atoms with van der Waals surface area (Å²) in [6.07, 6.45) is 2.40. The summed E-state index contributed by atoms with van der Waals surface area (Å²) in [6.45, 7) is 2.10. The Hall–Kier alpha value is -1.89. The number of hydrogen-bond acceptors (Lipinski definition) is 4. The van der Waals surface area contributed by atoms with E-state index < -0.39 is 17.6 Å². The molecule has 1 saturated heterocycles. The van der Waals surface area contributed by atoms with Gasteiger partial charge in [0.25, 0.3) is 0 Å². The first-order valence-electron chi connectivity index (χ1n) is 8.35. The van der Waals surface area contributed by atoms with Crippen molar-refractivity contribution in [1.82, 2.24) is 0 Å². The number of hydrogen-bond donors (Lipinski definition) is 2. The van der Waals surface area contributed by atoms with Crippen molar-refractivity contribution in [2.45, 2.75) is 31.7 Å². The number of halogens is 2. The smallest absolute Gasteiger partial charge is 0.306 e. The lowest BCUT2D eigenvalue weighted by molar-refractivity contribution is -0.142. The fourth-order valence-electron chi connectivity index (χ4n) is 3.40. The molecule has 24 heavy (non-hydrogen) atoms. The maximum atomic E-state index is 14.4. The number of nitrogens with one attached hydrogen (secondary N) is 1. The molecule has 1 saturated carbocycles. The van der Waals surface area contributed by atoms with Crippen molar-refractivity contribution in [3.05, 3.63) is 23.8 Å². The number of aliphatic carboxylic acids is 1. The number of carboxylic acid groups (broad SMARTS) is 1. The van der Waals surface area contributed by atoms with Crippen LogP contribution in [0.25, 0.3) is 0 Å². The molecule has 0 radical (unpaired) electrons. The summed E-state index contributed by atoms with van der Waals surface area (Å²) < 4.78 is 34.0. The van der Waals surface area contributed by atoms with Crippen LogP contribution in [0.5, 0.6) is 0 Å². The Morgan fingerprint density at radius 1 is 1.12 bits per heavy atom. The highest BCUT2D eigenvalue weighted by Crippen LogP contribution is 2.30. The Morgan fingerprint density at radius 2 is 1.79 bits per heavy atom. The summed E-state index contributed by atoms with van der Waals surface area (Å²) in [5, 5.41) is 12.0. The number of nitrogens with zero attached hydrogens (tertiary/aromatic N) is 1. The lowest BCUT2D eigenvalue weighted by Crippen LogP contribution is -2.37. The van der Waals surface area contributed by atoms with E-state index in [0.29, 0.717) is 52.0 Å². The highest BCUT2D eigenvalue weighted by atomic mass is 19.1. The van der Waals surface area contributed by atoms with E-state index in [4.69, 9.17) is 9.84 Å². The second kappa shape index (κ2) is 7.34. The van der Waals surface area contributed by atoms with Crippen LogP contribution in [0.4, 0.5) is 20.2 Å². The molecule has 132 valence electrons. The van der Waals surface area contributed by atoms with Crippen LogP contribution in [0.3, 0.4) is 0 Å². The third-order valence-corrected chi connectivity index (χ3v) is 4.82. The van der Waals surface area contributed by atoms with Gasteiger partial charge < -0.3 is 20.1 Å². The summed E-state index contributed by atoms with van der Waals surface area (Å²) in [4.78, 5) is 12.7. The Morgan fingerprint density at radius 3 is 2.42 bits per heavy atom. The Balaban J connectivity index is 1.66. The van der Waals surface area contributed by atoms with Crippen LogP contribution >= 0.6 is 0 Å². The van der Waals surface area contributed by atoms with Gasteiger partial charge in [-0.25, -0.2) is 8.78 Å². The quantitative estimate of drug-likeness (QED) is 0.882. The summed E-state index contributed by atoms with van der Waals surface area (Å²) in [7, 11) is 0. The fourth-order valence-corrected chi connectivity index (χ4v) is 3.40. The molecule has 1 heterocycles. The molecule has 0 aromatic heterocycles. The number of ether oxygens (including phenoxy) is 1. The monoisotopic (exact) mass is 340 g/mol. The lowest BCUT2D eigenvalue weighted by Gasteiger charge is -2.30. The molecular weight excluding hydrogens is 318 g/mol. The molecule has 0 atom stereocenters. The number of carbonyl (C=O) groups is 1. The van der Waals surface area contributed by atoms with Crippen LogP contribution in [0.15, 0.2) is 12.1 Å². The van der Waals surface area contributed by atoms with Crippen molar-refractivity contribution in [3.63, 3.8) is 0 Å². The molecule has 0 unspecified atom stereocenters. The number of anilines is 2. The fraction of sp³-hybridized carbons (Fsp3) is 0.588. The van der Waals surface area contributed by atoms with E-state index in [1.165, 1.54) is 12.1 Å². The van der Waals surface area contributed by atoms with E-state index in [-0.39, 0.29) is 23.3 Å². The summed E-state index contributed by atoms with van der Waals surface area (Å²) in [6, 6.07) is 2.40. The first kappa shape index (κ1) is 17.0. The van der Waals surface area contributed by atoms with Gasteiger partial charge in [0, 0.05) is 31.3 Å². The zero-order valence-corrected chi connectivity index (χ0v) is 13.4. The molecule has 2 aliphatic rings. The SMILES string of the molecule is O=C(O)C1CCC(Nc2cc(F)c(N3CCOCC3)cc2F)CC1. The molecule has 1 aromatic rings. The van der Waals surface area contributed by atoms with Gasteiger partial charge in [-0.3, -0.25) is 4.79 Å². The average molecular weight is 340 g/mol. The summed E-state index contributed by atoms with van der Waals surface area (Å²) >= 11 is 0. The Labute approximate surface area is 139 Å². The van der Waals surface area contributed by atoms with Gasteiger partial charge in [0.15, 0.2) is 0 Å². The van der Waals surface area contributed by atoms with Crippen molar-refractivity contribution in [1.29, 1.82) is 0 Å². The normalized spacial score (nSPS) is 24.7. The first-order valence-corrected chi connectivity index (χ1v) is 8.35. The molecule has 3 rings (SSSR count). The van der Waals surface area contributed by atoms with Gasteiger partial charge in [0.05, 0.1) is 30.5 Å². The minimum absolute atomic E-state index is 0.0243. The molecule has 1 aromatic carbocycles. The predicted octanol–water partition coefficient (Wildman–Crippen LogP) is 2.86. The molecule has 1 aliphatic carbocycles. The van der Waals surface area contributed by atoms with Gasteiger partial charge in [-0.2, -0.15) is 0 Å². The van der Waals surface area contributed by atoms with E-state index in [1.54, 1.807) is 4.90 Å². The third kappa shape index (κ3) is 3.77. The van der Waals surface area contributed by atoms with Crippen LogP contribution in [0.1, 0.15) is 25.7 Å². The highest BCUT2D eigenvalue weighted by molar-refractivity contribution is 5.70. The minimum atomic E-state index is -0.777. The van der Waals surface area contributed by atoms with Gasteiger partial charge in [0.1, 0.15) is 11.6 Å². The van der Waals surface area contributed by atoms with E-state index in [9.17, 15) is 13.6 Å². The molecule has 5 nitrogen and oxygen atoms in total. The van der Waals surface area contributed by atoms with E-state index >= 15 is 0 Å². The van der Waals surface area contributed by atoms with Crippen molar-refractivity contribution in [2.75, 3.05) is 36.5 Å². The zero-order chi connectivity index (χ0) is 17.1. The van der Waals surface area contributed by atoms with Crippen LogP contribution < -0.4 is 10.2 Å². The third-order valence-electron chi connectivity index (χ3n) is 4.82. The zero-order valence-electron chi connectivity index (χ0n) is 13.4. The maximum absolute atomic E-state index is 14.4. The second-order valence-electron chi connectivity index (χ2n) is 6.41. The topological polar surface area (TPSA) is 61.8 Å². The van der Waals surface area contributed by atoms with E-state index in [2.05, 4.69) is 5.32 Å². The molecule has 2 fully saturated rings. The van der Waals surface area contributed by atoms with E-state index in [1.807, 2.05) is 0 Å². The van der Waals surface area contributed by atoms with Crippen LogP contribution in [0.2, 0.25) is 0 Å². The Bertz CT molecular complexity index is 598. The van der Waals surface area contributed by atoms with Gasteiger partial charge in [-0.15, -0.1) is 0 Å². The van der Waals surface area contributed by atoms with Crippen molar-refractivity contribution in [2.24, 2.45) is 5.92 Å². The Kier molecular flexibility index (Phi) is 5.18. The van der Waals surface area contributed by atoms with Gasteiger partial charge >= 0.3 is 5.97 Å². The molecule has 0 bridgehead atoms. The average Bonchev–Trinajstić information content (AvgIpc) is 2.59. The number of morpholine rings is 1. The van der Waals surface area contributed by atoms with Crippen molar-refractivity contribution < 1.29 is 23.4 Å². The summed E-state index contributed by atoms with van der Waals surface area (Å²) in [5.74, 6) is -2.05. The standard InChI is InChI=1S/C17H22F2N2O3/c18-13-10-16(21-5-7-24-8-6-21)14(19)9-15(13)20-12-3-1-11(2-4-12)17(22)23/h9-12,20H,1-8H2,(H,22,23). The van der Waals surface area contributed by atoms with Crippen LogP contribution in [-0.4, -0.2) is 43.4 Å². The molecule has 1 aliphatic heterocycles. The van der Waals surface area contributed by atoms with Crippen molar-refractivity contribution in [3.8, 4) is 0 Å².